The molecule has 2 aromatic rings. The fourth-order valence-electron chi connectivity index (χ4n) is 4.49. The van der Waals surface area contributed by atoms with Crippen LogP contribution in [0.1, 0.15) is 44.5 Å². The molecule has 9 nitrogen and oxygen atoms in total. The summed E-state index contributed by atoms with van der Waals surface area (Å²) < 4.78 is 11.4. The quantitative estimate of drug-likeness (QED) is 0.671. The summed E-state index contributed by atoms with van der Waals surface area (Å²) in [5.74, 6) is 1.04. The van der Waals surface area contributed by atoms with Gasteiger partial charge in [0.15, 0.2) is 0 Å². The molecular formula is C25H35ClN6O3. The van der Waals surface area contributed by atoms with Crippen LogP contribution in [0, 0.1) is 6.92 Å². The number of carbonyl (C=O) groups is 1. The van der Waals surface area contributed by atoms with Gasteiger partial charge in [-0.05, 0) is 51.8 Å². The molecule has 1 atom stereocenters. The van der Waals surface area contributed by atoms with Crippen LogP contribution in [0.3, 0.4) is 0 Å². The van der Waals surface area contributed by atoms with Gasteiger partial charge in [-0.1, -0.05) is 17.7 Å². The van der Waals surface area contributed by atoms with Gasteiger partial charge in [-0.15, -0.1) is 0 Å². The monoisotopic (exact) mass is 502 g/mol. The average molecular weight is 503 g/mol. The third-order valence-electron chi connectivity index (χ3n) is 6.13. The first-order valence-corrected chi connectivity index (χ1v) is 12.5. The predicted molar refractivity (Wildman–Crippen MR) is 138 cm³/mol. The van der Waals surface area contributed by atoms with E-state index in [1.165, 1.54) is 0 Å². The van der Waals surface area contributed by atoms with Crippen molar-refractivity contribution in [3.05, 3.63) is 40.5 Å². The molecule has 10 heteroatoms. The highest BCUT2D eigenvalue weighted by Gasteiger charge is 2.29. The summed E-state index contributed by atoms with van der Waals surface area (Å²) in [4.78, 5) is 27.3. The van der Waals surface area contributed by atoms with Gasteiger partial charge in [0.05, 0.1) is 12.6 Å². The number of rotatable bonds is 3. The molecule has 2 aliphatic heterocycles. The fraction of sp³-hybridized carbons (Fsp3) is 0.560. The lowest BCUT2D eigenvalue weighted by atomic mass is 10.0. The molecule has 0 saturated carbocycles. The van der Waals surface area contributed by atoms with Crippen molar-refractivity contribution in [1.29, 1.82) is 0 Å². The minimum absolute atomic E-state index is 0.0863. The Morgan fingerprint density at radius 3 is 2.54 bits per heavy atom. The van der Waals surface area contributed by atoms with Gasteiger partial charge in [0, 0.05) is 61.8 Å². The maximum atomic E-state index is 12.4. The summed E-state index contributed by atoms with van der Waals surface area (Å²) >= 11 is 6.85. The maximum absolute atomic E-state index is 12.4. The van der Waals surface area contributed by atoms with Gasteiger partial charge in [0.25, 0.3) is 0 Å². The highest BCUT2D eigenvalue weighted by Crippen LogP contribution is 2.35. The number of aryl methyl sites for hydroxylation is 1. The van der Waals surface area contributed by atoms with E-state index in [0.29, 0.717) is 44.4 Å². The highest BCUT2D eigenvalue weighted by molar-refractivity contribution is 6.31. The van der Waals surface area contributed by atoms with Crippen LogP contribution in [0.5, 0.6) is 0 Å². The molecule has 0 spiro atoms. The largest absolute Gasteiger partial charge is 0.444 e. The number of anilines is 3. The van der Waals surface area contributed by atoms with Crippen LogP contribution in [0.25, 0.3) is 0 Å². The zero-order valence-corrected chi connectivity index (χ0v) is 21.7. The summed E-state index contributed by atoms with van der Waals surface area (Å²) in [6, 6.07) is 8.02. The normalized spacial score (nSPS) is 19.5. The van der Waals surface area contributed by atoms with Crippen LogP contribution >= 0.6 is 11.6 Å². The van der Waals surface area contributed by atoms with Crippen molar-refractivity contribution in [3.63, 3.8) is 0 Å². The highest BCUT2D eigenvalue weighted by atomic mass is 35.5. The number of piperazine rings is 1. The Morgan fingerprint density at radius 2 is 1.89 bits per heavy atom. The van der Waals surface area contributed by atoms with Crippen LogP contribution in [-0.4, -0.2) is 72.5 Å². The molecule has 1 aromatic heterocycles. The van der Waals surface area contributed by atoms with E-state index >= 15 is 0 Å². The zero-order valence-electron chi connectivity index (χ0n) is 21.0. The Hall–Kier alpha value is -2.78. The Labute approximate surface area is 212 Å². The van der Waals surface area contributed by atoms with Crippen molar-refractivity contribution in [2.24, 2.45) is 0 Å². The smallest absolute Gasteiger partial charge is 0.410 e. The van der Waals surface area contributed by atoms with Crippen molar-refractivity contribution in [2.75, 3.05) is 61.5 Å². The number of hydrogen-bond donors (Lipinski definition) is 1. The van der Waals surface area contributed by atoms with E-state index in [4.69, 9.17) is 26.8 Å². The van der Waals surface area contributed by atoms with Crippen LogP contribution < -0.4 is 15.5 Å². The van der Waals surface area contributed by atoms with E-state index in [2.05, 4.69) is 31.9 Å². The third kappa shape index (κ3) is 6.27. The van der Waals surface area contributed by atoms with Crippen molar-refractivity contribution in [3.8, 4) is 0 Å². The minimum Gasteiger partial charge on any atom is -0.444 e. The number of halogens is 1. The molecule has 190 valence electrons. The number of amides is 1. The lowest BCUT2D eigenvalue weighted by molar-refractivity contribution is 0.0240. The topological polar surface area (TPSA) is 97.0 Å². The van der Waals surface area contributed by atoms with Crippen LogP contribution in [0.2, 0.25) is 5.02 Å². The molecule has 1 amide bonds. The second-order valence-corrected chi connectivity index (χ2v) is 10.4. The van der Waals surface area contributed by atoms with E-state index in [9.17, 15) is 4.79 Å². The molecule has 3 heterocycles. The van der Waals surface area contributed by atoms with Crippen molar-refractivity contribution in [1.82, 2.24) is 14.9 Å². The number of carbonyl (C=O) groups excluding carboxylic acids is 1. The van der Waals surface area contributed by atoms with E-state index in [1.54, 1.807) is 4.90 Å². The summed E-state index contributed by atoms with van der Waals surface area (Å²) in [5, 5.41) is 0.677. The van der Waals surface area contributed by atoms with Crippen LogP contribution in [0.15, 0.2) is 24.3 Å². The standard InChI is InChI=1S/C25H35ClN6O3/c1-17-14-22(29-23(27)28-17)32-8-5-13-34-16-21(32)19-7-6-18(15-20(19)26)30-9-11-31(12-10-30)24(33)35-25(2,3)4/h6-7,14-15,21H,5,8-13,16H2,1-4H3,(H2,27,28,29)/t21-/m1/s1. The molecule has 2 fully saturated rings. The maximum Gasteiger partial charge on any atom is 0.410 e. The molecule has 0 radical (unpaired) electrons. The molecular weight excluding hydrogens is 468 g/mol. The summed E-state index contributed by atoms with van der Waals surface area (Å²) in [6.07, 6.45) is 0.622. The molecule has 1 aromatic carbocycles. The number of nitrogens with two attached hydrogens (primary N) is 1. The fourth-order valence-corrected chi connectivity index (χ4v) is 4.79. The number of nitrogens with zero attached hydrogens (tertiary/aromatic N) is 5. The molecule has 4 rings (SSSR count). The second-order valence-electron chi connectivity index (χ2n) is 10.0. The molecule has 0 aliphatic carbocycles. The first-order chi connectivity index (χ1) is 16.6. The van der Waals surface area contributed by atoms with Crippen molar-refractivity contribution < 1.29 is 14.3 Å². The van der Waals surface area contributed by atoms with E-state index in [0.717, 1.165) is 35.7 Å². The predicted octanol–water partition coefficient (Wildman–Crippen LogP) is 4.05. The van der Waals surface area contributed by atoms with Crippen molar-refractivity contribution >= 4 is 35.1 Å². The van der Waals surface area contributed by atoms with Gasteiger partial charge in [0.2, 0.25) is 5.95 Å². The molecule has 2 N–H and O–H groups in total. The van der Waals surface area contributed by atoms with E-state index in [1.807, 2.05) is 39.8 Å². The number of hydrogen-bond acceptors (Lipinski definition) is 8. The van der Waals surface area contributed by atoms with Gasteiger partial charge in [-0.25, -0.2) is 9.78 Å². The Balaban J connectivity index is 1.49. The summed E-state index contributed by atoms with van der Waals surface area (Å²) in [6.45, 7) is 12.2. The zero-order chi connectivity index (χ0) is 25.2. The Morgan fingerprint density at radius 1 is 1.14 bits per heavy atom. The van der Waals surface area contributed by atoms with Gasteiger partial charge in [-0.2, -0.15) is 4.98 Å². The van der Waals surface area contributed by atoms with Gasteiger partial charge in [0.1, 0.15) is 11.4 Å². The lowest BCUT2D eigenvalue weighted by Gasteiger charge is -2.37. The van der Waals surface area contributed by atoms with Crippen LogP contribution in [-0.2, 0) is 9.47 Å². The van der Waals surface area contributed by atoms with Gasteiger partial charge < -0.3 is 29.9 Å². The third-order valence-corrected chi connectivity index (χ3v) is 6.46. The van der Waals surface area contributed by atoms with E-state index < -0.39 is 5.60 Å². The molecule has 35 heavy (non-hydrogen) atoms. The van der Waals surface area contributed by atoms with Gasteiger partial charge in [-0.3, -0.25) is 0 Å². The number of benzene rings is 1. The number of ether oxygens (including phenoxy) is 2. The molecule has 0 bridgehead atoms. The minimum atomic E-state index is -0.497. The Bertz CT molecular complexity index is 1030. The van der Waals surface area contributed by atoms with Crippen LogP contribution in [0.4, 0.5) is 22.2 Å². The summed E-state index contributed by atoms with van der Waals surface area (Å²) in [7, 11) is 0. The number of nitrogen functional groups attached to an aromatic ring is 1. The second kappa shape index (κ2) is 10.5. The van der Waals surface area contributed by atoms with Gasteiger partial charge >= 0.3 is 6.09 Å². The Kier molecular flexibility index (Phi) is 7.56. The number of aromatic nitrogens is 2. The van der Waals surface area contributed by atoms with Crippen molar-refractivity contribution in [2.45, 2.75) is 45.8 Å². The first kappa shape index (κ1) is 25.3. The molecule has 2 aliphatic rings. The average Bonchev–Trinajstić information content (AvgIpc) is 3.03. The van der Waals surface area contributed by atoms with E-state index in [-0.39, 0.29) is 18.1 Å². The summed E-state index contributed by atoms with van der Waals surface area (Å²) in [5.41, 5.74) is 8.28. The SMILES string of the molecule is Cc1cc(N2CCCOC[C@@H]2c2ccc(N3CCN(C(=O)OC(C)(C)C)CC3)cc2Cl)nc(N)n1. The molecule has 2 saturated heterocycles. The first-order valence-electron chi connectivity index (χ1n) is 12.1. The lowest BCUT2D eigenvalue weighted by Crippen LogP contribution is -2.50. The molecule has 0 unspecified atom stereocenters.